The van der Waals surface area contributed by atoms with Crippen LogP contribution in [-0.2, 0) is 23.8 Å². The van der Waals surface area contributed by atoms with Crippen molar-refractivity contribution in [3.8, 4) is 0 Å². The van der Waals surface area contributed by atoms with Crippen LogP contribution < -0.4 is 0 Å². The van der Waals surface area contributed by atoms with Gasteiger partial charge in [-0.3, -0.25) is 4.79 Å². The number of nitrogens with zero attached hydrogens (tertiary/aromatic N) is 2. The van der Waals surface area contributed by atoms with Crippen molar-refractivity contribution in [1.29, 1.82) is 0 Å². The predicted octanol–water partition coefficient (Wildman–Crippen LogP) is 3.41. The second-order valence-electron chi connectivity index (χ2n) is 6.99. The van der Waals surface area contributed by atoms with E-state index in [0.717, 1.165) is 55.9 Å². The highest BCUT2D eigenvalue weighted by Crippen LogP contribution is 2.43. The molecule has 2 aliphatic rings. The highest BCUT2D eigenvalue weighted by molar-refractivity contribution is 7.10. The molecule has 2 aromatic rings. The molecule has 0 radical (unpaired) electrons. The highest BCUT2D eigenvalue weighted by Gasteiger charge is 2.42. The highest BCUT2D eigenvalue weighted by atomic mass is 32.1. The van der Waals surface area contributed by atoms with E-state index >= 15 is 0 Å². The number of aryl methyl sites for hydroxylation is 1. The van der Waals surface area contributed by atoms with Gasteiger partial charge in [0, 0.05) is 42.8 Å². The first-order valence-corrected chi connectivity index (χ1v) is 9.53. The van der Waals surface area contributed by atoms with Crippen LogP contribution >= 0.6 is 11.3 Å². The van der Waals surface area contributed by atoms with Gasteiger partial charge in [0.1, 0.15) is 0 Å². The summed E-state index contributed by atoms with van der Waals surface area (Å²) in [7, 11) is 2.01. The van der Waals surface area contributed by atoms with Gasteiger partial charge in [-0.2, -0.15) is 0 Å². The minimum Gasteiger partial charge on any atom is -0.370 e. The molecule has 4 rings (SSSR count). The van der Waals surface area contributed by atoms with Crippen molar-refractivity contribution < 1.29 is 9.53 Å². The summed E-state index contributed by atoms with van der Waals surface area (Å²) in [5, 5.41) is 2.18. The molecule has 4 nitrogen and oxygen atoms in total. The molecule has 0 saturated carbocycles. The average Bonchev–Trinajstić information content (AvgIpc) is 3.17. The molecule has 128 valence electrons. The quantitative estimate of drug-likeness (QED) is 0.794. The molecule has 1 spiro atoms. The number of carbonyl (C=O) groups is 1. The SMILES string of the molecule is Cc1cc(C(=O)N2CCC3(CC2)OCCc2sccc23)c(C)n1C. The third-order valence-electron chi connectivity index (χ3n) is 5.81. The molecule has 1 amide bonds. The Labute approximate surface area is 147 Å². The number of hydrogen-bond acceptors (Lipinski definition) is 3. The standard InChI is InChI=1S/C19H24N2O2S/c1-13-12-15(14(2)20(13)3)18(22)21-8-6-19(7-9-21)16-5-11-24-17(16)4-10-23-19/h5,11-12H,4,6-10H2,1-3H3. The van der Waals surface area contributed by atoms with Gasteiger partial charge >= 0.3 is 0 Å². The van der Waals surface area contributed by atoms with Gasteiger partial charge in [0.25, 0.3) is 5.91 Å². The van der Waals surface area contributed by atoms with Crippen LogP contribution in [0.5, 0.6) is 0 Å². The lowest BCUT2D eigenvalue weighted by atomic mass is 9.82. The molecule has 0 aliphatic carbocycles. The van der Waals surface area contributed by atoms with Gasteiger partial charge in [0.2, 0.25) is 0 Å². The van der Waals surface area contributed by atoms with E-state index in [2.05, 4.69) is 16.0 Å². The first kappa shape index (κ1) is 15.9. The van der Waals surface area contributed by atoms with Crippen molar-refractivity contribution in [3.05, 3.63) is 44.9 Å². The largest absolute Gasteiger partial charge is 0.370 e. The monoisotopic (exact) mass is 344 g/mol. The van der Waals surface area contributed by atoms with Gasteiger partial charge in [0.15, 0.2) is 0 Å². The number of carbonyl (C=O) groups excluding carboxylic acids is 1. The van der Waals surface area contributed by atoms with E-state index in [0.29, 0.717) is 0 Å². The fraction of sp³-hybridized carbons (Fsp3) is 0.526. The van der Waals surface area contributed by atoms with Gasteiger partial charge in [-0.1, -0.05) is 0 Å². The number of piperidine rings is 1. The van der Waals surface area contributed by atoms with Crippen LogP contribution in [0.15, 0.2) is 17.5 Å². The minimum absolute atomic E-state index is 0.160. The maximum atomic E-state index is 12.9. The molecule has 1 fully saturated rings. The van der Waals surface area contributed by atoms with E-state index < -0.39 is 0 Å². The van der Waals surface area contributed by atoms with Gasteiger partial charge in [-0.25, -0.2) is 0 Å². The summed E-state index contributed by atoms with van der Waals surface area (Å²) in [6.45, 7) is 6.40. The van der Waals surface area contributed by atoms with E-state index in [1.54, 1.807) is 0 Å². The van der Waals surface area contributed by atoms with Crippen LogP contribution in [-0.4, -0.2) is 35.1 Å². The maximum Gasteiger partial charge on any atom is 0.255 e. The van der Waals surface area contributed by atoms with Crippen LogP contribution in [0.4, 0.5) is 0 Å². The van der Waals surface area contributed by atoms with Crippen molar-refractivity contribution in [2.75, 3.05) is 19.7 Å². The summed E-state index contributed by atoms with van der Waals surface area (Å²) in [5.41, 5.74) is 4.23. The third-order valence-corrected chi connectivity index (χ3v) is 6.79. The lowest BCUT2D eigenvalue weighted by Crippen LogP contribution is -2.48. The summed E-state index contributed by atoms with van der Waals surface area (Å²) in [5.74, 6) is 0.160. The summed E-state index contributed by atoms with van der Waals surface area (Å²) in [6.07, 6.45) is 2.82. The fourth-order valence-corrected chi connectivity index (χ4v) is 5.03. The summed E-state index contributed by atoms with van der Waals surface area (Å²) in [4.78, 5) is 16.4. The number of hydrogen-bond donors (Lipinski definition) is 0. The zero-order valence-corrected chi connectivity index (χ0v) is 15.4. The normalized spacial score (nSPS) is 19.5. The molecular weight excluding hydrogens is 320 g/mol. The third kappa shape index (κ3) is 2.33. The average molecular weight is 344 g/mol. The zero-order valence-electron chi connectivity index (χ0n) is 14.6. The van der Waals surface area contributed by atoms with Crippen LogP contribution in [0.25, 0.3) is 0 Å². The molecule has 2 aromatic heterocycles. The second kappa shape index (κ2) is 5.74. The molecule has 1 saturated heterocycles. The molecular formula is C19H24N2O2S. The van der Waals surface area contributed by atoms with Crippen molar-refractivity contribution in [3.63, 3.8) is 0 Å². The molecule has 0 N–H and O–H groups in total. The smallest absolute Gasteiger partial charge is 0.255 e. The molecule has 0 aromatic carbocycles. The molecule has 5 heteroatoms. The van der Waals surface area contributed by atoms with Crippen molar-refractivity contribution in [2.24, 2.45) is 7.05 Å². The van der Waals surface area contributed by atoms with E-state index in [1.807, 2.05) is 43.2 Å². The Balaban J connectivity index is 1.53. The number of rotatable bonds is 1. The van der Waals surface area contributed by atoms with E-state index in [1.165, 1.54) is 10.4 Å². The van der Waals surface area contributed by atoms with Gasteiger partial charge in [-0.15, -0.1) is 11.3 Å². The molecule has 0 atom stereocenters. The van der Waals surface area contributed by atoms with Crippen LogP contribution in [0, 0.1) is 13.8 Å². The van der Waals surface area contributed by atoms with Crippen molar-refractivity contribution in [2.45, 2.75) is 38.7 Å². The first-order valence-electron chi connectivity index (χ1n) is 8.65. The van der Waals surface area contributed by atoms with Gasteiger partial charge < -0.3 is 14.2 Å². The fourth-order valence-electron chi connectivity index (χ4n) is 4.08. The van der Waals surface area contributed by atoms with Crippen molar-refractivity contribution in [1.82, 2.24) is 9.47 Å². The topological polar surface area (TPSA) is 34.5 Å². The first-order chi connectivity index (χ1) is 11.5. The Kier molecular flexibility index (Phi) is 3.81. The van der Waals surface area contributed by atoms with Gasteiger partial charge in [-0.05, 0) is 49.8 Å². The predicted molar refractivity (Wildman–Crippen MR) is 95.7 cm³/mol. The molecule has 0 bridgehead atoms. The second-order valence-corrected chi connectivity index (χ2v) is 7.99. The number of fused-ring (bicyclic) bond motifs is 2. The van der Waals surface area contributed by atoms with Crippen molar-refractivity contribution >= 4 is 17.2 Å². The van der Waals surface area contributed by atoms with E-state index in [4.69, 9.17) is 4.74 Å². The summed E-state index contributed by atoms with van der Waals surface area (Å²) >= 11 is 1.84. The Morgan fingerprint density at radius 2 is 2.04 bits per heavy atom. The lowest BCUT2D eigenvalue weighted by Gasteiger charge is -2.44. The van der Waals surface area contributed by atoms with E-state index in [-0.39, 0.29) is 11.5 Å². The summed E-state index contributed by atoms with van der Waals surface area (Å²) < 4.78 is 8.32. The Morgan fingerprint density at radius 3 is 2.71 bits per heavy atom. The Hall–Kier alpha value is -1.59. The summed E-state index contributed by atoms with van der Waals surface area (Å²) in [6, 6.07) is 4.23. The Morgan fingerprint density at radius 1 is 1.29 bits per heavy atom. The molecule has 4 heterocycles. The number of aromatic nitrogens is 1. The minimum atomic E-state index is -0.161. The van der Waals surface area contributed by atoms with Crippen LogP contribution in [0.3, 0.4) is 0 Å². The maximum absolute atomic E-state index is 12.9. The number of ether oxygens (including phenoxy) is 1. The van der Waals surface area contributed by atoms with Crippen LogP contribution in [0.2, 0.25) is 0 Å². The zero-order chi connectivity index (χ0) is 16.9. The van der Waals surface area contributed by atoms with Crippen LogP contribution in [0.1, 0.15) is 45.0 Å². The number of thiophene rings is 1. The number of likely N-dealkylation sites (tertiary alicyclic amines) is 1. The Bertz CT molecular complexity index is 781. The molecule has 24 heavy (non-hydrogen) atoms. The number of amides is 1. The molecule has 0 unspecified atom stereocenters. The lowest BCUT2D eigenvalue weighted by molar-refractivity contribution is -0.0926. The molecule has 2 aliphatic heterocycles. The van der Waals surface area contributed by atoms with E-state index in [9.17, 15) is 4.79 Å². The van der Waals surface area contributed by atoms with Gasteiger partial charge in [0.05, 0.1) is 17.8 Å².